The number of carbonyl (C=O) groups is 3. The molecule has 1 unspecified atom stereocenters. The van der Waals surface area contributed by atoms with E-state index in [9.17, 15) is 14.4 Å². The van der Waals surface area contributed by atoms with E-state index in [1.807, 2.05) is 32.0 Å². The number of aliphatic carboxylic acids is 1. The first kappa shape index (κ1) is 16.7. The van der Waals surface area contributed by atoms with E-state index in [-0.39, 0.29) is 6.42 Å². The molecule has 0 heterocycles. The lowest BCUT2D eigenvalue weighted by Crippen LogP contribution is -2.24. The summed E-state index contributed by atoms with van der Waals surface area (Å²) in [6.07, 6.45) is -0.516. The molecule has 0 aliphatic heterocycles. The number of carboxylic acids is 1. The Morgan fingerprint density at radius 2 is 1.90 bits per heavy atom. The quantitative estimate of drug-likeness (QED) is 0.607. The molecular formula is C15H18O6. The van der Waals surface area contributed by atoms with Gasteiger partial charge in [-0.05, 0) is 38.0 Å². The van der Waals surface area contributed by atoms with Crippen LogP contribution >= 0.6 is 0 Å². The van der Waals surface area contributed by atoms with Gasteiger partial charge in [0.15, 0.2) is 6.61 Å². The van der Waals surface area contributed by atoms with Crippen molar-refractivity contribution in [1.29, 1.82) is 0 Å². The van der Waals surface area contributed by atoms with E-state index in [1.54, 1.807) is 6.92 Å². The van der Waals surface area contributed by atoms with Crippen molar-refractivity contribution in [2.75, 3.05) is 6.61 Å². The number of aryl methyl sites for hydroxylation is 2. The van der Waals surface area contributed by atoms with E-state index in [4.69, 9.17) is 9.84 Å². The fourth-order valence-corrected chi connectivity index (χ4v) is 1.59. The summed E-state index contributed by atoms with van der Waals surface area (Å²) in [5.74, 6) is -2.78. The number of Topliss-reactive ketones (excluding diaryl/α,β-unsaturated/α-hetero) is 1. The second-order valence-electron chi connectivity index (χ2n) is 4.79. The number of esters is 1. The largest absolute Gasteiger partial charge is 0.490 e. The Bertz CT molecular complexity index is 549. The molecule has 0 aliphatic carbocycles. The molecule has 21 heavy (non-hydrogen) atoms. The second-order valence-corrected chi connectivity index (χ2v) is 4.79. The Balaban J connectivity index is 2.48. The molecule has 0 spiro atoms. The number of carbonyl (C=O) groups excluding carboxylic acids is 2. The van der Waals surface area contributed by atoms with Gasteiger partial charge in [-0.25, -0.2) is 4.79 Å². The minimum atomic E-state index is -1.62. The zero-order valence-corrected chi connectivity index (χ0v) is 12.2. The third kappa shape index (κ3) is 5.64. The van der Waals surface area contributed by atoms with E-state index in [1.165, 1.54) is 0 Å². The highest BCUT2D eigenvalue weighted by Crippen LogP contribution is 2.21. The van der Waals surface area contributed by atoms with Gasteiger partial charge in [0.1, 0.15) is 11.9 Å². The summed E-state index contributed by atoms with van der Waals surface area (Å²) in [6, 6.07) is 5.74. The Kier molecular flexibility index (Phi) is 5.90. The van der Waals surface area contributed by atoms with Gasteiger partial charge in [0.2, 0.25) is 0 Å². The van der Waals surface area contributed by atoms with Crippen LogP contribution in [-0.2, 0) is 19.1 Å². The van der Waals surface area contributed by atoms with Crippen molar-refractivity contribution in [3.63, 3.8) is 0 Å². The first-order valence-electron chi connectivity index (χ1n) is 6.45. The molecule has 0 aromatic heterocycles. The highest BCUT2D eigenvalue weighted by atomic mass is 16.5. The summed E-state index contributed by atoms with van der Waals surface area (Å²) in [7, 11) is 0. The highest BCUT2D eigenvalue weighted by Gasteiger charge is 2.17. The maximum absolute atomic E-state index is 11.5. The lowest BCUT2D eigenvalue weighted by Gasteiger charge is -2.16. The van der Waals surface area contributed by atoms with Crippen molar-refractivity contribution in [3.05, 3.63) is 29.3 Å². The van der Waals surface area contributed by atoms with Crippen molar-refractivity contribution in [2.45, 2.75) is 33.3 Å². The van der Waals surface area contributed by atoms with Crippen molar-refractivity contribution in [2.24, 2.45) is 0 Å². The van der Waals surface area contributed by atoms with Gasteiger partial charge in [0.25, 0.3) is 5.78 Å². The van der Waals surface area contributed by atoms with E-state index in [2.05, 4.69) is 4.74 Å². The molecule has 1 N–H and O–H groups in total. The van der Waals surface area contributed by atoms with Gasteiger partial charge >= 0.3 is 11.9 Å². The normalized spacial score (nSPS) is 11.6. The van der Waals surface area contributed by atoms with E-state index >= 15 is 0 Å². The summed E-state index contributed by atoms with van der Waals surface area (Å²) < 4.78 is 10.2. The molecule has 0 bridgehead atoms. The van der Waals surface area contributed by atoms with Gasteiger partial charge in [0, 0.05) is 0 Å². The molecule has 0 radical (unpaired) electrons. The lowest BCUT2D eigenvalue weighted by molar-refractivity contribution is -0.156. The van der Waals surface area contributed by atoms with Gasteiger partial charge in [-0.1, -0.05) is 12.1 Å². The van der Waals surface area contributed by atoms with Crippen LogP contribution in [0.4, 0.5) is 0 Å². The third-order valence-electron chi connectivity index (χ3n) is 2.73. The van der Waals surface area contributed by atoms with Gasteiger partial charge < -0.3 is 14.6 Å². The number of hydrogen-bond acceptors (Lipinski definition) is 5. The molecule has 6 nitrogen and oxygen atoms in total. The Morgan fingerprint density at radius 3 is 2.52 bits per heavy atom. The van der Waals surface area contributed by atoms with Crippen LogP contribution in [0.5, 0.6) is 5.75 Å². The van der Waals surface area contributed by atoms with Crippen LogP contribution < -0.4 is 4.74 Å². The first-order valence-corrected chi connectivity index (χ1v) is 6.45. The Morgan fingerprint density at radius 1 is 1.24 bits per heavy atom. The van der Waals surface area contributed by atoms with Crippen molar-refractivity contribution in [1.82, 2.24) is 0 Å². The minimum Gasteiger partial charge on any atom is -0.490 e. The molecule has 1 atom stereocenters. The van der Waals surface area contributed by atoms with Gasteiger partial charge in [-0.2, -0.15) is 0 Å². The summed E-state index contributed by atoms with van der Waals surface area (Å²) in [4.78, 5) is 32.6. The zero-order valence-electron chi connectivity index (χ0n) is 12.2. The fourth-order valence-electron chi connectivity index (χ4n) is 1.59. The predicted octanol–water partition coefficient (Wildman–Crippen LogP) is 1.66. The number of ether oxygens (including phenoxy) is 2. The van der Waals surface area contributed by atoms with Crippen LogP contribution in [0, 0.1) is 13.8 Å². The summed E-state index contributed by atoms with van der Waals surface area (Å²) in [5, 5.41) is 8.36. The number of carboxylic acid groups (broad SMARTS) is 1. The molecule has 0 amide bonds. The molecule has 1 rings (SSSR count). The Labute approximate surface area is 122 Å². The maximum atomic E-state index is 11.5. The highest BCUT2D eigenvalue weighted by molar-refractivity contribution is 6.33. The molecule has 114 valence electrons. The van der Waals surface area contributed by atoms with Crippen molar-refractivity contribution in [3.8, 4) is 5.75 Å². The zero-order chi connectivity index (χ0) is 16.0. The number of benzene rings is 1. The van der Waals surface area contributed by atoms with E-state index in [0.29, 0.717) is 5.75 Å². The van der Waals surface area contributed by atoms with Gasteiger partial charge in [0.05, 0.1) is 6.42 Å². The number of rotatable bonds is 7. The van der Waals surface area contributed by atoms with E-state index in [0.717, 1.165) is 11.1 Å². The molecule has 0 aliphatic rings. The van der Waals surface area contributed by atoms with E-state index < -0.39 is 30.4 Å². The summed E-state index contributed by atoms with van der Waals surface area (Å²) in [5.41, 5.74) is 1.99. The summed E-state index contributed by atoms with van der Waals surface area (Å²) in [6.45, 7) is 4.76. The molecule has 1 aromatic carbocycles. The molecule has 1 aromatic rings. The van der Waals surface area contributed by atoms with Gasteiger partial charge in [-0.3, -0.25) is 9.59 Å². The SMILES string of the molecule is Cc1ccc(C)c(OC(C)CC(=O)OCC(=O)C(=O)O)c1. The van der Waals surface area contributed by atoms with Crippen molar-refractivity contribution < 1.29 is 29.0 Å². The monoisotopic (exact) mass is 294 g/mol. The van der Waals surface area contributed by atoms with Crippen LogP contribution in [0.25, 0.3) is 0 Å². The average Bonchev–Trinajstić information content (AvgIpc) is 2.39. The molecule has 6 heteroatoms. The summed E-state index contributed by atoms with van der Waals surface area (Å²) >= 11 is 0. The smallest absolute Gasteiger partial charge is 0.375 e. The van der Waals surface area contributed by atoms with Crippen LogP contribution in [0.1, 0.15) is 24.5 Å². The molecule has 0 saturated carbocycles. The first-order chi connectivity index (χ1) is 9.79. The standard InChI is InChI=1S/C15H18O6/c1-9-4-5-10(2)13(6-9)21-11(3)7-14(17)20-8-12(16)15(18)19/h4-6,11H,7-8H2,1-3H3,(H,18,19). The minimum absolute atomic E-state index is 0.0692. The number of hydrogen-bond donors (Lipinski definition) is 1. The second kappa shape index (κ2) is 7.42. The molecule has 0 fully saturated rings. The van der Waals surface area contributed by atoms with Crippen LogP contribution in [0.3, 0.4) is 0 Å². The maximum Gasteiger partial charge on any atom is 0.375 e. The molecule has 0 saturated heterocycles. The van der Waals surface area contributed by atoms with Crippen molar-refractivity contribution >= 4 is 17.7 Å². The van der Waals surface area contributed by atoms with Crippen LogP contribution in [0.15, 0.2) is 18.2 Å². The van der Waals surface area contributed by atoms with Crippen LogP contribution in [0.2, 0.25) is 0 Å². The fraction of sp³-hybridized carbons (Fsp3) is 0.400. The molecular weight excluding hydrogens is 276 g/mol. The lowest BCUT2D eigenvalue weighted by atomic mass is 10.1. The predicted molar refractivity (Wildman–Crippen MR) is 74.2 cm³/mol. The number of ketones is 1. The Hall–Kier alpha value is -2.37. The van der Waals surface area contributed by atoms with Gasteiger partial charge in [-0.15, -0.1) is 0 Å². The topological polar surface area (TPSA) is 89.9 Å². The average molecular weight is 294 g/mol. The third-order valence-corrected chi connectivity index (χ3v) is 2.73. The van der Waals surface area contributed by atoms with Crippen LogP contribution in [-0.4, -0.2) is 35.5 Å².